The van der Waals surface area contributed by atoms with Gasteiger partial charge in [0, 0.05) is 46.0 Å². The number of aliphatic hydroxyl groups excluding tert-OH is 1. The summed E-state index contributed by atoms with van der Waals surface area (Å²) in [7, 11) is -1.85. The summed E-state index contributed by atoms with van der Waals surface area (Å²) >= 11 is 6.58. The maximum atomic E-state index is 16.4. The molecule has 3 heterocycles. The number of ether oxygens (including phenoxy) is 2. The molecule has 10 nitrogen and oxygen atoms in total. The number of hydrogen-bond acceptors (Lipinski definition) is 7. The SMILES string of the molecule is COc1ccc(C(=O)Nc2cccc(CN3C(=O)[C@]4(O[C@H](CCn5cc(C(CO)c6ccccc6)nn5)[C@@H]([Si](C)(C)F)[C@@H]4C)c4cc(Cl)ccc43)c2)cc1. The molecule has 0 radical (unpaired) electrons. The lowest BCUT2D eigenvalue weighted by atomic mass is 9.82. The summed E-state index contributed by atoms with van der Waals surface area (Å²) in [4.78, 5) is 29.6. The lowest BCUT2D eigenvalue weighted by Gasteiger charge is -2.31. The van der Waals surface area contributed by atoms with Crippen molar-refractivity contribution in [3.8, 4) is 5.75 Å². The smallest absolute Gasteiger partial charge is 0.264 e. The largest absolute Gasteiger partial charge is 0.497 e. The van der Waals surface area contributed by atoms with Crippen LogP contribution in [-0.4, -0.2) is 60.1 Å². The maximum Gasteiger partial charge on any atom is 0.264 e. The molecule has 0 saturated carbocycles. The van der Waals surface area contributed by atoms with Crippen LogP contribution in [-0.2, 0) is 28.2 Å². The number of nitrogens with zero attached hydrogens (tertiary/aromatic N) is 4. The van der Waals surface area contributed by atoms with Crippen LogP contribution in [0.3, 0.4) is 0 Å². The lowest BCUT2D eigenvalue weighted by molar-refractivity contribution is -0.146. The Balaban J connectivity index is 1.13. The van der Waals surface area contributed by atoms with Crippen molar-refractivity contribution in [1.82, 2.24) is 15.0 Å². The number of aromatic nitrogens is 3. The van der Waals surface area contributed by atoms with Gasteiger partial charge >= 0.3 is 0 Å². The minimum absolute atomic E-state index is 0.124. The monoisotopic (exact) mass is 767 g/mol. The molecule has 13 heteroatoms. The Morgan fingerprint density at radius 3 is 2.54 bits per heavy atom. The fourth-order valence-electron chi connectivity index (χ4n) is 8.22. The van der Waals surface area contributed by atoms with E-state index in [1.807, 2.05) is 61.5 Å². The van der Waals surface area contributed by atoms with E-state index in [1.54, 1.807) is 78.4 Å². The Morgan fingerprint density at radius 1 is 1.07 bits per heavy atom. The van der Waals surface area contributed by atoms with Crippen LogP contribution in [0.1, 0.15) is 52.0 Å². The van der Waals surface area contributed by atoms with Gasteiger partial charge < -0.3 is 28.9 Å². The van der Waals surface area contributed by atoms with E-state index in [0.29, 0.717) is 51.9 Å². The first kappa shape index (κ1) is 37.4. The lowest BCUT2D eigenvalue weighted by Crippen LogP contribution is -2.45. The van der Waals surface area contributed by atoms with Gasteiger partial charge in [-0.15, -0.1) is 5.10 Å². The summed E-state index contributed by atoms with van der Waals surface area (Å²) in [6.45, 7) is 5.71. The zero-order chi connectivity index (χ0) is 38.2. The average Bonchev–Trinajstić information content (AvgIpc) is 3.81. The summed E-state index contributed by atoms with van der Waals surface area (Å²) in [6.07, 6.45) is 1.61. The Hall–Kier alpha value is -4.88. The second-order valence-corrected chi connectivity index (χ2v) is 18.8. The summed E-state index contributed by atoms with van der Waals surface area (Å²) in [5, 5.41) is 22.2. The summed E-state index contributed by atoms with van der Waals surface area (Å²) in [5.74, 6) is -0.728. The molecule has 280 valence electrons. The van der Waals surface area contributed by atoms with Crippen LogP contribution >= 0.6 is 11.6 Å². The van der Waals surface area contributed by atoms with Crippen molar-refractivity contribution in [3.63, 3.8) is 0 Å². The number of aryl methyl sites for hydroxylation is 1. The molecule has 0 bridgehead atoms. The van der Waals surface area contributed by atoms with E-state index in [9.17, 15) is 14.7 Å². The molecule has 5 atom stereocenters. The van der Waals surface area contributed by atoms with E-state index in [-0.39, 0.29) is 30.9 Å². The van der Waals surface area contributed by atoms with Gasteiger partial charge in [-0.1, -0.05) is 66.2 Å². The third-order valence-corrected chi connectivity index (χ3v) is 13.4. The van der Waals surface area contributed by atoms with Gasteiger partial charge in [-0.2, -0.15) is 0 Å². The molecule has 2 aliphatic heterocycles. The van der Waals surface area contributed by atoms with Crippen LogP contribution in [0.5, 0.6) is 5.75 Å². The van der Waals surface area contributed by atoms with Crippen LogP contribution in [0, 0.1) is 5.92 Å². The van der Waals surface area contributed by atoms with Crippen LogP contribution in [0.2, 0.25) is 23.7 Å². The molecule has 1 fully saturated rings. The molecular formula is C41H43ClFN5O5Si. The standard InChI is InChI=1S/C41H43ClFN5O5Si/c1-26-38(54(3,4)43)37(19-20-47-24-35(45-46-47)33(25-49)28-10-6-5-7-11-28)53-41(26)34-22-30(42)15-18-36(34)48(40(41)51)23-27-9-8-12-31(21-27)44-39(50)29-13-16-32(52-2)17-14-29/h5-18,21-22,24,26,33,37-38,49H,19-20,23,25H2,1-4H3,(H,44,50)/t26-,33?,37+,38-,41+/m0/s1. The van der Waals surface area contributed by atoms with Gasteiger partial charge in [-0.05, 0) is 85.2 Å². The van der Waals surface area contributed by atoms with Crippen LogP contribution in [0.25, 0.3) is 0 Å². The first-order valence-electron chi connectivity index (χ1n) is 18.0. The third kappa shape index (κ3) is 7.06. The Kier molecular flexibility index (Phi) is 10.5. The fraction of sp³-hybridized carbons (Fsp3) is 0.317. The number of carbonyl (C=O) groups is 2. The van der Waals surface area contributed by atoms with Crippen molar-refractivity contribution in [1.29, 1.82) is 0 Å². The molecule has 0 aliphatic carbocycles. The van der Waals surface area contributed by atoms with E-state index < -0.39 is 31.6 Å². The molecule has 1 saturated heterocycles. The Morgan fingerprint density at radius 2 is 1.83 bits per heavy atom. The molecule has 1 unspecified atom stereocenters. The van der Waals surface area contributed by atoms with Crippen LogP contribution in [0.15, 0.2) is 103 Å². The maximum absolute atomic E-state index is 16.4. The molecule has 2 aliphatic rings. The second kappa shape index (κ2) is 15.1. The number of halogens is 2. The number of hydrogen-bond donors (Lipinski definition) is 2. The zero-order valence-corrected chi connectivity index (χ0v) is 32.3. The van der Waals surface area contributed by atoms with Gasteiger partial charge in [0.1, 0.15) is 5.75 Å². The highest BCUT2D eigenvalue weighted by Gasteiger charge is 2.66. The van der Waals surface area contributed by atoms with Gasteiger partial charge in [-0.3, -0.25) is 14.3 Å². The Labute approximate surface area is 320 Å². The van der Waals surface area contributed by atoms with Crippen LogP contribution < -0.4 is 15.0 Å². The highest BCUT2D eigenvalue weighted by Crippen LogP contribution is 2.60. The van der Waals surface area contributed by atoms with Crippen molar-refractivity contribution in [2.24, 2.45) is 5.92 Å². The first-order valence-corrected chi connectivity index (χ1v) is 21.3. The van der Waals surface area contributed by atoms with E-state index in [0.717, 1.165) is 11.1 Å². The first-order chi connectivity index (χ1) is 25.9. The molecule has 4 aromatic carbocycles. The molecule has 5 aromatic rings. The predicted molar refractivity (Wildman–Crippen MR) is 208 cm³/mol. The number of anilines is 2. The van der Waals surface area contributed by atoms with Gasteiger partial charge in [-0.25, -0.2) is 0 Å². The molecule has 54 heavy (non-hydrogen) atoms. The summed E-state index contributed by atoms with van der Waals surface area (Å²) in [6, 6.07) is 29.1. The molecule has 1 spiro atoms. The fourth-order valence-corrected chi connectivity index (χ4v) is 10.9. The van der Waals surface area contributed by atoms with Crippen molar-refractivity contribution in [3.05, 3.63) is 136 Å². The zero-order valence-electron chi connectivity index (χ0n) is 30.6. The Bertz CT molecular complexity index is 2150. The topological polar surface area (TPSA) is 119 Å². The van der Waals surface area contributed by atoms with Crippen LogP contribution in [0.4, 0.5) is 15.5 Å². The molecule has 2 amide bonds. The number of benzene rings is 4. The van der Waals surface area contributed by atoms with E-state index in [1.165, 1.54) is 0 Å². The molecule has 2 N–H and O–H groups in total. The molecular weight excluding hydrogens is 725 g/mol. The third-order valence-electron chi connectivity index (χ3n) is 10.7. The number of fused-ring (bicyclic) bond motifs is 2. The van der Waals surface area contributed by atoms with Crippen molar-refractivity contribution >= 4 is 43.2 Å². The predicted octanol–water partition coefficient (Wildman–Crippen LogP) is 7.73. The van der Waals surface area contributed by atoms with E-state index >= 15 is 4.11 Å². The average molecular weight is 768 g/mol. The molecule has 7 rings (SSSR count). The number of carbonyl (C=O) groups excluding carboxylic acids is 2. The number of aliphatic hydroxyl groups is 1. The highest BCUT2D eigenvalue weighted by atomic mass is 35.5. The summed E-state index contributed by atoms with van der Waals surface area (Å²) in [5.41, 5.74) is 2.71. The molecule has 1 aromatic heterocycles. The highest BCUT2D eigenvalue weighted by molar-refractivity contribution is 6.72. The van der Waals surface area contributed by atoms with E-state index in [4.69, 9.17) is 21.1 Å². The minimum atomic E-state index is -3.42. The quantitative estimate of drug-likeness (QED) is 0.0986. The second-order valence-electron chi connectivity index (χ2n) is 14.5. The number of amides is 2. The normalized spacial score (nSPS) is 21.4. The minimum Gasteiger partial charge on any atom is -0.497 e. The summed E-state index contributed by atoms with van der Waals surface area (Å²) < 4.78 is 30.2. The van der Waals surface area contributed by atoms with Gasteiger partial charge in [0.25, 0.3) is 11.8 Å². The van der Waals surface area contributed by atoms with Gasteiger partial charge in [0.2, 0.25) is 8.41 Å². The number of rotatable bonds is 12. The van der Waals surface area contributed by atoms with Crippen molar-refractivity contribution in [2.45, 2.75) is 62.7 Å². The van der Waals surface area contributed by atoms with Crippen molar-refractivity contribution < 1.29 is 28.3 Å². The van der Waals surface area contributed by atoms with Gasteiger partial charge in [0.05, 0.1) is 43.7 Å². The number of nitrogens with one attached hydrogen (secondary N) is 1. The number of methoxy groups -OCH3 is 1. The van der Waals surface area contributed by atoms with Crippen molar-refractivity contribution in [2.75, 3.05) is 23.9 Å². The van der Waals surface area contributed by atoms with Gasteiger partial charge in [0.15, 0.2) is 5.60 Å². The van der Waals surface area contributed by atoms with E-state index in [2.05, 4.69) is 15.6 Å².